The molecule has 0 aliphatic rings. The molecule has 0 bridgehead atoms. The molecule has 0 saturated heterocycles. The van der Waals surface area contributed by atoms with E-state index in [2.05, 4.69) is 9.47 Å². The predicted molar refractivity (Wildman–Crippen MR) is 50.9 cm³/mol. The topological polar surface area (TPSA) is 159 Å². The van der Waals surface area contributed by atoms with Crippen LogP contribution in [0.3, 0.4) is 0 Å². The Kier molecular flexibility index (Phi) is 15.0. The zero-order chi connectivity index (χ0) is 13.4. The second-order valence-corrected chi connectivity index (χ2v) is 2.77. The van der Waals surface area contributed by atoms with Crippen LogP contribution in [0.5, 0.6) is 0 Å². The van der Waals surface area contributed by atoms with E-state index in [4.69, 9.17) is 16.6 Å². The van der Waals surface area contributed by atoms with Gasteiger partial charge in [-0.3, -0.25) is 14.4 Å². The third kappa shape index (κ3) is 10.8. The minimum absolute atomic E-state index is 0. The van der Waals surface area contributed by atoms with Gasteiger partial charge in [0.05, 0.1) is 19.5 Å². The van der Waals surface area contributed by atoms with Crippen LogP contribution in [0.4, 0.5) is 0 Å². The van der Waals surface area contributed by atoms with E-state index in [0.29, 0.717) is 0 Å². The van der Waals surface area contributed by atoms with Gasteiger partial charge in [-0.2, -0.15) is 0 Å². The molecule has 1 atom stereocenters. The number of ether oxygens (including phenoxy) is 2. The largest absolute Gasteiger partial charge is 0.392 e. The first kappa shape index (κ1) is 23.3. The van der Waals surface area contributed by atoms with Gasteiger partial charge in [0.25, 0.3) is 0 Å². The zero-order valence-electron chi connectivity index (χ0n) is 9.51. The molecule has 0 aliphatic heterocycles. The Morgan fingerprint density at radius 1 is 0.895 bits per heavy atom. The average molecular weight is 358 g/mol. The number of esters is 4. The fourth-order valence-corrected chi connectivity index (χ4v) is 0.673. The maximum Gasteiger partial charge on any atom is 0.343 e. The molecule has 0 amide bonds. The van der Waals surface area contributed by atoms with Crippen LogP contribution in [0.25, 0.3) is 0 Å². The van der Waals surface area contributed by atoms with E-state index in [9.17, 15) is 19.2 Å². The molecule has 0 aromatic heterocycles. The summed E-state index contributed by atoms with van der Waals surface area (Å²) < 4.78 is 8.09. The number of carbonyl (C=O) groups is 4. The van der Waals surface area contributed by atoms with Crippen molar-refractivity contribution in [2.45, 2.75) is 12.5 Å². The van der Waals surface area contributed by atoms with Crippen molar-refractivity contribution < 1.29 is 67.9 Å². The molecule has 0 spiro atoms. The predicted octanol–water partition coefficient (Wildman–Crippen LogP) is -3.21. The smallest absolute Gasteiger partial charge is 0.343 e. The van der Waals surface area contributed by atoms with Crippen molar-refractivity contribution in [3.05, 3.63) is 0 Å². The van der Waals surface area contributed by atoms with Crippen LogP contribution in [-0.2, 0) is 62.8 Å². The van der Waals surface area contributed by atoms with Crippen LogP contribution < -0.4 is 11.5 Å². The van der Waals surface area contributed by atoms with Gasteiger partial charge in [0.15, 0.2) is 6.10 Å². The Bertz CT molecular complexity index is 337. The molecule has 0 heterocycles. The molecule has 1 unspecified atom stereocenters. The van der Waals surface area contributed by atoms with Crippen LogP contribution in [0, 0.1) is 0 Å². The summed E-state index contributed by atoms with van der Waals surface area (Å²) in [5, 5.41) is 9.11. The Labute approximate surface area is 129 Å². The summed E-state index contributed by atoms with van der Waals surface area (Å²) in [7, 11) is 0. The molecule has 0 aromatic rings. The van der Waals surface area contributed by atoms with Gasteiger partial charge in [-0.15, -0.1) is 0 Å². The van der Waals surface area contributed by atoms with E-state index in [1.54, 1.807) is 0 Å². The summed E-state index contributed by atoms with van der Waals surface area (Å²) in [6.07, 6.45) is -2.74. The summed E-state index contributed by atoms with van der Waals surface area (Å²) in [5.41, 5.74) is 9.70. The van der Waals surface area contributed by atoms with Gasteiger partial charge in [-0.05, 0) is 0 Å². The molecule has 0 aliphatic carbocycles. The third-order valence-electron chi connectivity index (χ3n) is 1.41. The quantitative estimate of drug-likeness (QED) is 0.261. The number of nitrogens with two attached hydrogens (primary N) is 2. The van der Waals surface area contributed by atoms with Crippen molar-refractivity contribution in [3.63, 3.8) is 0 Å². The minimum atomic E-state index is -1.91. The molecule has 5 N–H and O–H groups in total. The SMILES string of the molecule is NCC(=O)OC(=O)CC(O)C(=O)OC(=O)CN.[Mn].[Mn]. The minimum Gasteiger partial charge on any atom is -0.392 e. The molecular weight excluding hydrogens is 346 g/mol. The molecule has 11 heteroatoms. The normalized spacial score (nSPS) is 10.3. The van der Waals surface area contributed by atoms with Crippen molar-refractivity contribution >= 4 is 23.9 Å². The van der Waals surface area contributed by atoms with Crippen molar-refractivity contribution in [3.8, 4) is 0 Å². The van der Waals surface area contributed by atoms with Crippen LogP contribution in [-0.4, -0.2) is 48.2 Å². The average Bonchev–Trinajstić information content (AvgIpc) is 2.28. The number of rotatable bonds is 5. The summed E-state index contributed by atoms with van der Waals surface area (Å²) in [5.74, 6) is -4.57. The van der Waals surface area contributed by atoms with Crippen molar-refractivity contribution in [2.75, 3.05) is 13.1 Å². The first-order chi connectivity index (χ1) is 7.90. The second-order valence-electron chi connectivity index (χ2n) is 2.77. The number of carbonyl (C=O) groups excluding carboxylic acids is 4. The van der Waals surface area contributed by atoms with E-state index >= 15 is 0 Å². The Balaban J connectivity index is -0.00000128. The molecule has 110 valence electrons. The summed E-state index contributed by atoms with van der Waals surface area (Å²) in [4.78, 5) is 43.0. The van der Waals surface area contributed by atoms with Crippen LogP contribution in [0.2, 0.25) is 0 Å². The number of aliphatic hydroxyl groups excluding tert-OH is 1. The van der Waals surface area contributed by atoms with Crippen LogP contribution in [0.15, 0.2) is 0 Å². The van der Waals surface area contributed by atoms with Crippen LogP contribution in [0.1, 0.15) is 6.42 Å². The third-order valence-corrected chi connectivity index (χ3v) is 1.41. The summed E-state index contributed by atoms with van der Waals surface area (Å²) in [6.45, 7) is -1.06. The molecule has 0 aromatic carbocycles. The van der Waals surface area contributed by atoms with Crippen molar-refractivity contribution in [2.24, 2.45) is 11.5 Å². The first-order valence-corrected chi connectivity index (χ1v) is 4.47. The molecule has 0 fully saturated rings. The molecule has 9 nitrogen and oxygen atoms in total. The van der Waals surface area contributed by atoms with E-state index in [-0.39, 0.29) is 34.1 Å². The summed E-state index contributed by atoms with van der Waals surface area (Å²) >= 11 is 0. The second kappa shape index (κ2) is 12.2. The van der Waals surface area contributed by atoms with E-state index in [1.165, 1.54) is 0 Å². The fraction of sp³-hybridized carbons (Fsp3) is 0.500. The fourth-order valence-electron chi connectivity index (χ4n) is 0.673. The molecular formula is C8H12Mn2N2O7. The zero-order valence-corrected chi connectivity index (χ0v) is 11.9. The van der Waals surface area contributed by atoms with Gasteiger partial charge >= 0.3 is 23.9 Å². The number of hydrogen-bond acceptors (Lipinski definition) is 9. The van der Waals surface area contributed by atoms with Gasteiger partial charge in [0.1, 0.15) is 0 Å². The number of hydrogen-bond donors (Lipinski definition) is 3. The van der Waals surface area contributed by atoms with E-state index in [1.807, 2.05) is 0 Å². The van der Waals surface area contributed by atoms with E-state index in [0.717, 1.165) is 0 Å². The summed E-state index contributed by atoms with van der Waals surface area (Å²) in [6, 6.07) is 0. The van der Waals surface area contributed by atoms with Gasteiger partial charge in [0.2, 0.25) is 0 Å². The van der Waals surface area contributed by atoms with Gasteiger partial charge in [0, 0.05) is 34.1 Å². The Morgan fingerprint density at radius 3 is 1.74 bits per heavy atom. The van der Waals surface area contributed by atoms with Crippen molar-refractivity contribution in [1.29, 1.82) is 0 Å². The monoisotopic (exact) mass is 358 g/mol. The van der Waals surface area contributed by atoms with Gasteiger partial charge in [-0.1, -0.05) is 0 Å². The number of aliphatic hydroxyl groups is 1. The molecule has 0 saturated carbocycles. The van der Waals surface area contributed by atoms with Gasteiger partial charge in [-0.25, -0.2) is 4.79 Å². The Morgan fingerprint density at radius 2 is 1.32 bits per heavy atom. The van der Waals surface area contributed by atoms with E-state index < -0.39 is 49.5 Å². The maximum absolute atomic E-state index is 10.9. The standard InChI is InChI=1S/C8H12N2O7.2Mn/c9-2-6(13)16-5(12)1-4(11)8(15)17-7(14)3-10;;/h4,11H,1-3,9-10H2;;. The maximum atomic E-state index is 10.9. The molecule has 2 radical (unpaired) electrons. The van der Waals surface area contributed by atoms with Gasteiger partial charge < -0.3 is 26.0 Å². The van der Waals surface area contributed by atoms with Crippen LogP contribution >= 0.6 is 0 Å². The Hall–Kier alpha value is -0.801. The first-order valence-electron chi connectivity index (χ1n) is 4.47. The molecule has 19 heavy (non-hydrogen) atoms. The molecule has 0 rings (SSSR count). The van der Waals surface area contributed by atoms with Crippen molar-refractivity contribution in [1.82, 2.24) is 0 Å².